The van der Waals surface area contributed by atoms with Gasteiger partial charge in [0.25, 0.3) is 5.69 Å². The van der Waals surface area contributed by atoms with Crippen molar-refractivity contribution in [3.63, 3.8) is 0 Å². The lowest BCUT2D eigenvalue weighted by molar-refractivity contribution is -0.384. The van der Waals surface area contributed by atoms with Crippen molar-refractivity contribution in [3.05, 3.63) is 112 Å². The second kappa shape index (κ2) is 10.8. The van der Waals surface area contributed by atoms with Crippen LogP contribution in [0.4, 0.5) is 11.4 Å². The van der Waals surface area contributed by atoms with E-state index in [1.807, 2.05) is 66.4 Å². The molecule has 2 aromatic carbocycles. The molecular formula is C28H25N5O4S. The third-order valence-corrected chi connectivity index (χ3v) is 6.71. The molecular weight excluding hydrogens is 502 g/mol. The average molecular weight is 528 g/mol. The molecule has 0 radical (unpaired) electrons. The number of non-ortho nitro benzene ring substituents is 1. The van der Waals surface area contributed by atoms with Gasteiger partial charge in [0.05, 0.1) is 16.7 Å². The Bertz CT molecular complexity index is 1470. The van der Waals surface area contributed by atoms with Crippen LogP contribution in [0.2, 0.25) is 0 Å². The minimum absolute atomic E-state index is 0.0104. The van der Waals surface area contributed by atoms with Crippen LogP contribution in [0.25, 0.3) is 11.3 Å². The summed E-state index contributed by atoms with van der Waals surface area (Å²) in [4.78, 5) is 29.8. The van der Waals surface area contributed by atoms with Crippen LogP contribution in [-0.4, -0.2) is 32.4 Å². The molecule has 0 saturated carbocycles. The molecule has 2 aromatic heterocycles. The molecule has 10 heteroatoms. The number of furan rings is 1. The molecule has 0 unspecified atom stereocenters. The molecule has 2 N–H and O–H groups in total. The van der Waals surface area contributed by atoms with E-state index in [4.69, 9.17) is 16.6 Å². The number of aryl methyl sites for hydroxylation is 1. The van der Waals surface area contributed by atoms with Gasteiger partial charge in [-0.2, -0.15) is 0 Å². The Balaban J connectivity index is 1.39. The number of nitro groups is 1. The van der Waals surface area contributed by atoms with Crippen molar-refractivity contribution >= 4 is 34.6 Å². The van der Waals surface area contributed by atoms with Crippen LogP contribution in [0.1, 0.15) is 35.5 Å². The number of anilines is 1. The van der Waals surface area contributed by atoms with Crippen molar-refractivity contribution in [1.82, 2.24) is 15.2 Å². The summed E-state index contributed by atoms with van der Waals surface area (Å²) in [5, 5.41) is 17.8. The van der Waals surface area contributed by atoms with Gasteiger partial charge in [-0.3, -0.25) is 19.9 Å². The minimum atomic E-state index is -0.438. The van der Waals surface area contributed by atoms with E-state index in [9.17, 15) is 14.9 Å². The molecule has 1 aliphatic rings. The molecule has 38 heavy (non-hydrogen) atoms. The minimum Gasteiger partial charge on any atom is -0.459 e. The van der Waals surface area contributed by atoms with Gasteiger partial charge in [0.15, 0.2) is 5.11 Å². The van der Waals surface area contributed by atoms with Gasteiger partial charge < -0.3 is 20.0 Å². The molecule has 0 bridgehead atoms. The van der Waals surface area contributed by atoms with Crippen LogP contribution in [0.5, 0.6) is 0 Å². The monoisotopic (exact) mass is 527 g/mol. The van der Waals surface area contributed by atoms with E-state index in [2.05, 4.69) is 15.6 Å². The highest BCUT2D eigenvalue weighted by atomic mass is 32.1. The Morgan fingerprint density at radius 2 is 1.95 bits per heavy atom. The fourth-order valence-electron chi connectivity index (χ4n) is 4.54. The maximum absolute atomic E-state index is 12.8. The van der Waals surface area contributed by atoms with Crippen molar-refractivity contribution < 1.29 is 14.1 Å². The van der Waals surface area contributed by atoms with Crippen molar-refractivity contribution in [3.8, 4) is 11.3 Å². The van der Waals surface area contributed by atoms with Gasteiger partial charge in [-0.1, -0.05) is 18.2 Å². The SMILES string of the molecule is Cc1cccc(NC(=O)CCN2C(=S)N[C@H](c3ccccn3)[C@H]2c2ccc(-c3ccc([N+](=O)[O-])cc3)o2)c1. The highest BCUT2D eigenvalue weighted by molar-refractivity contribution is 7.80. The lowest BCUT2D eigenvalue weighted by Gasteiger charge is -2.25. The molecule has 1 amide bonds. The van der Waals surface area contributed by atoms with Gasteiger partial charge in [0, 0.05) is 42.5 Å². The van der Waals surface area contributed by atoms with Gasteiger partial charge in [0.2, 0.25) is 5.91 Å². The largest absolute Gasteiger partial charge is 0.459 e. The van der Waals surface area contributed by atoms with E-state index in [1.54, 1.807) is 18.3 Å². The topological polar surface area (TPSA) is 114 Å². The maximum atomic E-state index is 12.8. The van der Waals surface area contributed by atoms with Crippen LogP contribution < -0.4 is 10.6 Å². The van der Waals surface area contributed by atoms with E-state index < -0.39 is 4.92 Å². The quantitative estimate of drug-likeness (QED) is 0.174. The zero-order valence-electron chi connectivity index (χ0n) is 20.5. The lowest BCUT2D eigenvalue weighted by Crippen LogP contribution is -2.32. The third kappa shape index (κ3) is 5.40. The number of thiocarbonyl (C=S) groups is 1. The number of hydrogen-bond donors (Lipinski definition) is 2. The first kappa shape index (κ1) is 25.1. The number of benzene rings is 2. The van der Waals surface area contributed by atoms with Gasteiger partial charge >= 0.3 is 0 Å². The molecule has 9 nitrogen and oxygen atoms in total. The summed E-state index contributed by atoms with van der Waals surface area (Å²) in [6, 6.07) is 22.6. The molecule has 192 valence electrons. The van der Waals surface area contributed by atoms with Crippen molar-refractivity contribution in [1.29, 1.82) is 0 Å². The summed E-state index contributed by atoms with van der Waals surface area (Å²) in [6.45, 7) is 2.34. The molecule has 1 saturated heterocycles. The fourth-order valence-corrected chi connectivity index (χ4v) is 4.87. The summed E-state index contributed by atoms with van der Waals surface area (Å²) < 4.78 is 6.26. The number of nitrogens with one attached hydrogen (secondary N) is 2. The Morgan fingerprint density at radius 1 is 1.13 bits per heavy atom. The van der Waals surface area contributed by atoms with Crippen molar-refractivity contribution in [2.75, 3.05) is 11.9 Å². The highest BCUT2D eigenvalue weighted by Crippen LogP contribution is 2.40. The normalized spacial score (nSPS) is 16.8. The van der Waals surface area contributed by atoms with Crippen LogP contribution in [0.3, 0.4) is 0 Å². The predicted octanol–water partition coefficient (Wildman–Crippen LogP) is 5.56. The first-order valence-electron chi connectivity index (χ1n) is 12.1. The van der Waals surface area contributed by atoms with E-state index in [-0.39, 0.29) is 30.1 Å². The summed E-state index contributed by atoms with van der Waals surface area (Å²) in [7, 11) is 0. The summed E-state index contributed by atoms with van der Waals surface area (Å²) in [6.07, 6.45) is 1.94. The van der Waals surface area contributed by atoms with Gasteiger partial charge in [-0.05, 0) is 73.2 Å². The van der Waals surface area contributed by atoms with Gasteiger partial charge in [-0.15, -0.1) is 0 Å². The van der Waals surface area contributed by atoms with Crippen LogP contribution in [-0.2, 0) is 4.79 Å². The summed E-state index contributed by atoms with van der Waals surface area (Å²) in [5.74, 6) is 1.09. The number of carbonyl (C=O) groups excluding carboxylic acids is 1. The van der Waals surface area contributed by atoms with Crippen molar-refractivity contribution in [2.45, 2.75) is 25.4 Å². The first-order chi connectivity index (χ1) is 18.4. The Hall–Kier alpha value is -4.57. The van der Waals surface area contributed by atoms with Crippen LogP contribution >= 0.6 is 12.2 Å². The fraction of sp³-hybridized carbons (Fsp3) is 0.179. The Morgan fingerprint density at radius 3 is 2.66 bits per heavy atom. The van der Waals surface area contributed by atoms with E-state index in [0.29, 0.717) is 28.7 Å². The Kier molecular flexibility index (Phi) is 7.14. The number of rotatable bonds is 8. The van der Waals surface area contributed by atoms with Gasteiger partial charge in [-0.25, -0.2) is 0 Å². The zero-order valence-corrected chi connectivity index (χ0v) is 21.4. The van der Waals surface area contributed by atoms with Crippen molar-refractivity contribution in [2.24, 2.45) is 0 Å². The van der Waals surface area contributed by atoms with E-state index in [1.165, 1.54) is 12.1 Å². The second-order valence-corrected chi connectivity index (χ2v) is 9.38. The molecule has 1 aliphatic heterocycles. The summed E-state index contributed by atoms with van der Waals surface area (Å²) in [5.41, 5.74) is 3.33. The molecule has 3 heterocycles. The highest BCUT2D eigenvalue weighted by Gasteiger charge is 2.41. The molecule has 0 aliphatic carbocycles. The number of nitrogens with zero attached hydrogens (tertiary/aromatic N) is 3. The lowest BCUT2D eigenvalue weighted by atomic mass is 10.0. The van der Waals surface area contributed by atoms with E-state index in [0.717, 1.165) is 16.9 Å². The molecule has 5 rings (SSSR count). The predicted molar refractivity (Wildman–Crippen MR) is 147 cm³/mol. The molecule has 1 fully saturated rings. The smallest absolute Gasteiger partial charge is 0.269 e. The number of carbonyl (C=O) groups is 1. The maximum Gasteiger partial charge on any atom is 0.269 e. The number of amides is 1. The number of aromatic nitrogens is 1. The Labute approximate surface area is 224 Å². The second-order valence-electron chi connectivity index (χ2n) is 8.99. The van der Waals surface area contributed by atoms with Crippen LogP contribution in [0.15, 0.2) is 89.5 Å². The third-order valence-electron chi connectivity index (χ3n) is 6.36. The standard InChI is InChI=1S/C28H25N5O4S/c1-18-5-4-6-20(17-18)30-25(34)14-16-32-27(26(31-28(32)38)22-7-2-3-15-29-22)24-13-12-23(37-24)19-8-10-21(11-9-19)33(35)36/h2-13,15,17,26-27H,14,16H2,1H3,(H,30,34)(H,31,38)/t26-,27-/m1/s1. The number of nitro benzene ring substituents is 1. The first-order valence-corrected chi connectivity index (χ1v) is 12.5. The van der Waals surface area contributed by atoms with Crippen LogP contribution in [0, 0.1) is 17.0 Å². The summed E-state index contributed by atoms with van der Waals surface area (Å²) >= 11 is 5.68. The number of hydrogen-bond acceptors (Lipinski definition) is 6. The molecule has 0 spiro atoms. The average Bonchev–Trinajstić information content (AvgIpc) is 3.52. The molecule has 2 atom stereocenters. The molecule has 4 aromatic rings. The van der Waals surface area contributed by atoms with Gasteiger partial charge in [0.1, 0.15) is 17.6 Å². The zero-order chi connectivity index (χ0) is 26.6. The van der Waals surface area contributed by atoms with E-state index >= 15 is 0 Å². The number of pyridine rings is 1.